The number of nitrogens with two attached hydrogens (primary N) is 3. The number of H-pyrrole nitrogens is 2. The second-order valence-electron chi connectivity index (χ2n) is 32.9. The maximum atomic E-state index is 15.6. The van der Waals surface area contributed by atoms with Crippen LogP contribution in [0.3, 0.4) is 0 Å². The fourth-order valence-electron chi connectivity index (χ4n) is 17.6. The van der Waals surface area contributed by atoms with E-state index in [2.05, 4.69) is 72.6 Å². The molecule has 15 N–H and O–H groups in total. The number of aromatic nitrogens is 2. The van der Waals surface area contributed by atoms with Gasteiger partial charge in [0, 0.05) is 128 Å². The van der Waals surface area contributed by atoms with E-state index in [-0.39, 0.29) is 143 Å². The quantitative estimate of drug-likeness (QED) is 0.0123. The lowest BCUT2D eigenvalue weighted by molar-refractivity contribution is -0.136. The largest absolute Gasteiger partial charge is 0.508 e. The molecule has 24 heteroatoms. The molecule has 2 saturated heterocycles. The number of Topliss-reactive ketones (excluding diaryl/α,β-unsaturated/α-hetero) is 6. The average molecular weight is 1610 g/mol. The number of likely N-dealkylation sites (N-methyl/N-ethyl adjacent to an activating group) is 1. The highest BCUT2D eigenvalue weighted by molar-refractivity contribution is 7.99. The molecule has 2 aromatic heterocycles. The number of aliphatic hydroxyl groups excluding tert-OH is 1. The van der Waals surface area contributed by atoms with Gasteiger partial charge in [0.25, 0.3) is 0 Å². The zero-order valence-electron chi connectivity index (χ0n) is 67.4. The molecule has 3 amide bonds. The number of phenols is 2. The highest BCUT2D eigenvalue weighted by Gasteiger charge is 2.41. The molecule has 4 heterocycles. The molecule has 622 valence electrons. The van der Waals surface area contributed by atoms with Gasteiger partial charge in [0.15, 0.2) is 29.1 Å². The SMILES string of the molecule is C[C@@H](O)[C@@H]1NC(=O)[C@H](CCCCN)CC(=O)[C@@H](Cc2c[nH]c3ccccc23)NC(=O)[C@H](Cc2ccccc2)CC(=O)[C@H](Cc2ccccc2)NC(=O)[C@H](CCCN=C(N)N)CC(=O)[C@H](NC[C@@H](CC(=O)CSC[C@@H]2C[C@@H]3c4cccc5[nH]cc(c45)C[C@H]3N(C)C2)Cc2ccc(O)cc2)CCCCCC(=O)[C@H](Cc2ccc(O)cc2)CC1=O. The summed E-state index contributed by atoms with van der Waals surface area (Å²) in [5.74, 6) is -6.90. The van der Waals surface area contributed by atoms with Crippen LogP contribution in [-0.2, 0) is 81.7 Å². The van der Waals surface area contributed by atoms with E-state index in [1.165, 1.54) is 35.6 Å². The molecule has 0 unspecified atom stereocenters. The number of piperidine rings is 1. The number of guanidine groups is 1. The van der Waals surface area contributed by atoms with E-state index in [1.54, 1.807) is 42.2 Å². The molecule has 0 radical (unpaired) electrons. The Labute approximate surface area is 690 Å². The van der Waals surface area contributed by atoms with Gasteiger partial charge < -0.3 is 68.7 Å². The van der Waals surface area contributed by atoms with Crippen molar-refractivity contribution >= 4 is 91.9 Å². The predicted molar refractivity (Wildman–Crippen MR) is 458 cm³/mol. The van der Waals surface area contributed by atoms with Crippen molar-refractivity contribution in [2.75, 3.05) is 44.7 Å². The highest BCUT2D eigenvalue weighted by atomic mass is 32.2. The first-order valence-electron chi connectivity index (χ1n) is 41.8. The van der Waals surface area contributed by atoms with Crippen molar-refractivity contribution in [2.45, 2.75) is 190 Å². The van der Waals surface area contributed by atoms with Crippen LogP contribution < -0.4 is 38.5 Å². The maximum Gasteiger partial charge on any atom is 0.224 e. The van der Waals surface area contributed by atoms with Crippen molar-refractivity contribution in [2.24, 2.45) is 57.7 Å². The minimum absolute atomic E-state index is 0.000750. The first-order valence-corrected chi connectivity index (χ1v) is 43.0. The van der Waals surface area contributed by atoms with Gasteiger partial charge >= 0.3 is 0 Å². The van der Waals surface area contributed by atoms with Gasteiger partial charge in [0.2, 0.25) is 17.7 Å². The Morgan fingerprint density at radius 2 is 1.19 bits per heavy atom. The minimum Gasteiger partial charge on any atom is -0.508 e. The van der Waals surface area contributed by atoms with Gasteiger partial charge in [0.05, 0.1) is 30.0 Å². The summed E-state index contributed by atoms with van der Waals surface area (Å²) >= 11 is 1.65. The third-order valence-electron chi connectivity index (χ3n) is 23.9. The summed E-state index contributed by atoms with van der Waals surface area (Å²) in [6, 6.07) is 40.9. The molecule has 6 aromatic carbocycles. The number of para-hydroxylation sites is 1. The first kappa shape index (κ1) is 87.7. The Morgan fingerprint density at radius 1 is 0.598 bits per heavy atom. The van der Waals surface area contributed by atoms with E-state index in [1.807, 2.05) is 97.1 Å². The number of rotatable bonds is 28. The van der Waals surface area contributed by atoms with Gasteiger partial charge in [-0.2, -0.15) is 11.8 Å². The molecular formula is C93H117N11O12S. The average Bonchev–Trinajstić information content (AvgIpc) is 1.67. The number of nitrogens with zero attached hydrogens (tertiary/aromatic N) is 2. The number of hydrogen-bond acceptors (Lipinski definition) is 17. The number of carbonyl (C=O) groups excluding carboxylic acids is 9. The summed E-state index contributed by atoms with van der Waals surface area (Å²) in [5.41, 5.74) is 25.9. The zero-order valence-corrected chi connectivity index (χ0v) is 68.3. The Hall–Kier alpha value is -10.1. The highest BCUT2D eigenvalue weighted by Crippen LogP contribution is 2.45. The lowest BCUT2D eigenvalue weighted by Crippen LogP contribution is -2.51. The van der Waals surface area contributed by atoms with E-state index in [0.717, 1.165) is 47.1 Å². The van der Waals surface area contributed by atoms with Crippen LogP contribution in [0.25, 0.3) is 21.8 Å². The maximum absolute atomic E-state index is 15.6. The molecule has 23 nitrogen and oxygen atoms in total. The molecule has 0 saturated carbocycles. The van der Waals surface area contributed by atoms with Crippen molar-refractivity contribution in [3.05, 3.63) is 203 Å². The third-order valence-corrected chi connectivity index (χ3v) is 25.1. The first-order chi connectivity index (χ1) is 56.5. The Bertz CT molecular complexity index is 4680. The summed E-state index contributed by atoms with van der Waals surface area (Å²) < 4.78 is 0. The van der Waals surface area contributed by atoms with Crippen molar-refractivity contribution in [1.82, 2.24) is 36.1 Å². The van der Waals surface area contributed by atoms with Gasteiger partial charge in [0.1, 0.15) is 29.1 Å². The van der Waals surface area contributed by atoms with E-state index in [4.69, 9.17) is 17.2 Å². The number of amides is 3. The molecule has 2 fully saturated rings. The molecule has 1 aliphatic carbocycles. The number of carbonyl (C=O) groups is 9. The number of aliphatic imine (C=N–C) groups is 1. The van der Waals surface area contributed by atoms with Gasteiger partial charge in [-0.3, -0.25) is 48.1 Å². The van der Waals surface area contributed by atoms with E-state index in [0.29, 0.717) is 78.7 Å². The fraction of sp³-hybridized carbons (Fsp3) is 0.462. The van der Waals surface area contributed by atoms with Gasteiger partial charge in [-0.05, 0) is 197 Å². The zero-order chi connectivity index (χ0) is 82.9. The van der Waals surface area contributed by atoms with Crippen molar-refractivity contribution in [3.63, 3.8) is 0 Å². The number of aliphatic hydroxyl groups is 1. The van der Waals surface area contributed by atoms with Crippen LogP contribution in [0, 0.1) is 35.5 Å². The normalized spacial score (nSPS) is 23.4. The molecular weight excluding hydrogens is 1500 g/mol. The summed E-state index contributed by atoms with van der Waals surface area (Å²) in [6.45, 7) is 2.90. The number of hydrogen-bond donors (Lipinski definition) is 12. The van der Waals surface area contributed by atoms with E-state index in [9.17, 15) is 34.5 Å². The van der Waals surface area contributed by atoms with Gasteiger partial charge in [-0.25, -0.2) is 0 Å². The number of benzene rings is 6. The molecule has 2 aliphatic heterocycles. The van der Waals surface area contributed by atoms with Gasteiger partial charge in [-0.1, -0.05) is 135 Å². The van der Waals surface area contributed by atoms with Crippen LogP contribution >= 0.6 is 11.8 Å². The molecule has 0 spiro atoms. The molecule has 8 aromatic rings. The number of fused-ring (bicyclic) bond motifs is 3. The van der Waals surface area contributed by atoms with Gasteiger partial charge in [-0.15, -0.1) is 0 Å². The number of ketones is 6. The predicted octanol–water partition coefficient (Wildman–Crippen LogP) is 10.4. The van der Waals surface area contributed by atoms with Crippen molar-refractivity contribution < 1.29 is 58.5 Å². The number of aromatic hydroxyl groups is 2. The van der Waals surface area contributed by atoms with Crippen LogP contribution in [0.1, 0.15) is 155 Å². The lowest BCUT2D eigenvalue weighted by Gasteiger charge is -2.45. The number of aromatic amines is 2. The van der Waals surface area contributed by atoms with Crippen LogP contribution in [-0.4, -0.2) is 170 Å². The number of nitrogens with one attached hydrogen (secondary N) is 6. The summed E-state index contributed by atoms with van der Waals surface area (Å²) in [7, 11) is 2.21. The Morgan fingerprint density at radius 3 is 1.88 bits per heavy atom. The van der Waals surface area contributed by atoms with Crippen LogP contribution in [0.2, 0.25) is 0 Å². The van der Waals surface area contributed by atoms with Crippen LogP contribution in [0.4, 0.5) is 0 Å². The molecule has 3 aliphatic rings. The summed E-state index contributed by atoms with van der Waals surface area (Å²) in [6.07, 6.45) is 6.52. The molecule has 117 heavy (non-hydrogen) atoms. The third kappa shape index (κ3) is 25.5. The lowest BCUT2D eigenvalue weighted by atomic mass is 9.73. The Balaban J connectivity index is 0.908. The number of likely N-dealkylation sites (tertiary alicyclic amines) is 1. The Kier molecular flexibility index (Phi) is 32.5. The van der Waals surface area contributed by atoms with Crippen LogP contribution in [0.15, 0.2) is 169 Å². The van der Waals surface area contributed by atoms with E-state index < -0.39 is 102 Å². The van der Waals surface area contributed by atoms with Crippen molar-refractivity contribution in [3.8, 4) is 11.5 Å². The molecule has 13 atom stereocenters. The number of phenolic OH excluding ortho intramolecular Hbond substituents is 2. The topological polar surface area (TPSA) is 388 Å². The second-order valence-corrected chi connectivity index (χ2v) is 33.9. The summed E-state index contributed by atoms with van der Waals surface area (Å²) in [4.78, 5) is 150. The number of unbranched alkanes of at least 4 members (excludes halogenated alkanes) is 1. The van der Waals surface area contributed by atoms with Crippen LogP contribution in [0.5, 0.6) is 11.5 Å². The molecule has 11 rings (SSSR count). The second kappa shape index (κ2) is 43.4. The minimum atomic E-state index is -1.51. The van der Waals surface area contributed by atoms with Crippen molar-refractivity contribution in [1.29, 1.82) is 0 Å². The molecule has 0 bridgehead atoms. The monoisotopic (exact) mass is 1610 g/mol. The fourth-order valence-corrected chi connectivity index (χ4v) is 18.6. The summed E-state index contributed by atoms with van der Waals surface area (Å²) in [5, 5.41) is 46.8. The number of thioether (sulfide) groups is 1. The van der Waals surface area contributed by atoms with E-state index >= 15 is 24.0 Å². The standard InChI is InChI=1S/C93H117N11O12S/c1-58(105)89-87(113)50-67(41-62-32-36-72(107)37-33-62)83(109)29-11-5-10-27-78(98-52-63(40-61-30-34-71(106)35-31-61)43-73(108)57-117-56-64-44-76-75-25-16-28-79-88(75)70(54-100-79)47-82(76)104(2)55-64)84(110)48-66(23-17-39-97-93(95)96)90(114)101-80(45-60-20-8-4-9-21-60)86(112)51-68(42-59-18-6-3-7-19-59)92(116)102-81(46-69-53-99-77-26-13-12-24-74(69)77)85(111)49-65(91(115)103-89)22-14-15-38-94/h3-4,6-9,12-13,16,18-21,24-26,28,30-37,53-54,58,63-68,76,78,80-82,89,98-100,105-107H,5,10-11,14-15,17,22-23,27,29,38-52,55-57,94H2,1-2H3,(H,101,114)(H,102,116)(H,103,115)(H4,95,96,97)/t58-,63-,64-,65-,66-,67-,68-,76-,78-,80+,81-,82-,89+/m1/s1. The smallest absolute Gasteiger partial charge is 0.224 e.